The van der Waals surface area contributed by atoms with Crippen LogP contribution in [0.1, 0.15) is 17.5 Å². The Hall–Kier alpha value is -2.55. The van der Waals surface area contributed by atoms with E-state index in [0.29, 0.717) is 25.5 Å². The summed E-state index contributed by atoms with van der Waals surface area (Å²) in [6.45, 7) is 0.664. The first kappa shape index (κ1) is 19.2. The summed E-state index contributed by atoms with van der Waals surface area (Å²) in [6, 6.07) is 3.56. The lowest BCUT2D eigenvalue weighted by atomic mass is 10.1. The molecule has 1 atom stereocenters. The van der Waals surface area contributed by atoms with Gasteiger partial charge in [0.2, 0.25) is 11.9 Å². The minimum Gasteiger partial charge on any atom is -0.486 e. The third-order valence-electron chi connectivity index (χ3n) is 4.30. The van der Waals surface area contributed by atoms with Crippen molar-refractivity contribution in [3.05, 3.63) is 46.7 Å². The van der Waals surface area contributed by atoms with Crippen LogP contribution in [0.4, 0.5) is 19.1 Å². The number of alkyl halides is 3. The summed E-state index contributed by atoms with van der Waals surface area (Å²) in [5.74, 6) is 0.000433. The fourth-order valence-electron chi connectivity index (χ4n) is 2.85. The van der Waals surface area contributed by atoms with Gasteiger partial charge in [-0.25, -0.2) is 9.97 Å². The van der Waals surface area contributed by atoms with Crippen LogP contribution < -0.4 is 15.4 Å². The molecule has 0 bridgehead atoms. The summed E-state index contributed by atoms with van der Waals surface area (Å²) in [5.41, 5.74) is 4.30. The average Bonchev–Trinajstić information content (AvgIpc) is 3.10. The van der Waals surface area contributed by atoms with Gasteiger partial charge in [0, 0.05) is 23.7 Å². The Morgan fingerprint density at radius 2 is 2.04 bits per heavy atom. The fraction of sp³-hybridized carbons (Fsp3) is 0.353. The molecule has 0 radical (unpaired) electrons. The first-order valence-corrected chi connectivity index (χ1v) is 8.47. The van der Waals surface area contributed by atoms with E-state index in [1.165, 1.54) is 24.5 Å². The van der Waals surface area contributed by atoms with Gasteiger partial charge in [0.05, 0.1) is 23.9 Å². The largest absolute Gasteiger partial charge is 0.486 e. The molecule has 1 fully saturated rings. The molecule has 0 unspecified atom stereocenters. The number of primary amides is 1. The molecule has 1 aliphatic rings. The summed E-state index contributed by atoms with van der Waals surface area (Å²) in [5, 5.41) is -0.0306. The number of amides is 1. The van der Waals surface area contributed by atoms with Crippen molar-refractivity contribution >= 4 is 23.5 Å². The van der Waals surface area contributed by atoms with E-state index in [1.807, 2.05) is 4.90 Å². The average molecular weight is 401 g/mol. The maximum Gasteiger partial charge on any atom is 0.416 e. The standard InChI is InChI=1S/C17H16ClF3N4O2/c18-14-3-1-2-13(17(19,20)21)12(14)9-27-11-6-23-16(24-7-11)25-5-4-10(8-25)15(22)26/h1-3,6-7,10H,4-5,8-9H2,(H2,22,26)/t10-/m0/s1. The molecule has 1 aliphatic heterocycles. The van der Waals surface area contributed by atoms with Crippen molar-refractivity contribution in [2.45, 2.75) is 19.2 Å². The Bertz CT molecular complexity index is 830. The number of nitrogens with two attached hydrogens (primary N) is 1. The number of halogens is 4. The number of hydrogen-bond acceptors (Lipinski definition) is 5. The fourth-order valence-corrected chi connectivity index (χ4v) is 3.08. The Labute approximate surface area is 158 Å². The second-order valence-corrected chi connectivity index (χ2v) is 6.51. The lowest BCUT2D eigenvalue weighted by molar-refractivity contribution is -0.138. The van der Waals surface area contributed by atoms with Gasteiger partial charge >= 0.3 is 6.18 Å². The predicted octanol–water partition coefficient (Wildman–Crippen LogP) is 3.04. The van der Waals surface area contributed by atoms with Crippen molar-refractivity contribution in [1.82, 2.24) is 9.97 Å². The second-order valence-electron chi connectivity index (χ2n) is 6.11. The SMILES string of the molecule is NC(=O)[C@H]1CCN(c2ncc(OCc3c(Cl)cccc3C(F)(F)F)cn2)C1. The van der Waals surface area contributed by atoms with Gasteiger partial charge in [-0.05, 0) is 18.6 Å². The van der Waals surface area contributed by atoms with Crippen LogP contribution in [0, 0.1) is 5.92 Å². The van der Waals surface area contributed by atoms with Gasteiger partial charge in [0.15, 0.2) is 5.75 Å². The monoisotopic (exact) mass is 400 g/mol. The second kappa shape index (κ2) is 7.59. The van der Waals surface area contributed by atoms with Crippen LogP contribution in [0.5, 0.6) is 5.75 Å². The molecule has 2 N–H and O–H groups in total. The maximum absolute atomic E-state index is 13.1. The summed E-state index contributed by atoms with van der Waals surface area (Å²) < 4.78 is 44.7. The maximum atomic E-state index is 13.1. The minimum atomic E-state index is -4.53. The number of aromatic nitrogens is 2. The zero-order chi connectivity index (χ0) is 19.6. The Morgan fingerprint density at radius 1 is 1.33 bits per heavy atom. The number of benzene rings is 1. The van der Waals surface area contributed by atoms with Crippen LogP contribution in [0.25, 0.3) is 0 Å². The van der Waals surface area contributed by atoms with Crippen molar-refractivity contribution in [3.8, 4) is 5.75 Å². The van der Waals surface area contributed by atoms with Gasteiger partial charge in [-0.1, -0.05) is 17.7 Å². The minimum absolute atomic E-state index is 0.0306. The van der Waals surface area contributed by atoms with E-state index < -0.39 is 11.7 Å². The van der Waals surface area contributed by atoms with Crippen molar-refractivity contribution < 1.29 is 22.7 Å². The van der Waals surface area contributed by atoms with Crippen LogP contribution in [-0.4, -0.2) is 29.0 Å². The third kappa shape index (κ3) is 4.41. The summed E-state index contributed by atoms with van der Waals surface area (Å²) in [4.78, 5) is 21.3. The highest BCUT2D eigenvalue weighted by atomic mass is 35.5. The zero-order valence-corrected chi connectivity index (χ0v) is 14.8. The topological polar surface area (TPSA) is 81.3 Å². The van der Waals surface area contributed by atoms with Crippen LogP contribution in [-0.2, 0) is 17.6 Å². The van der Waals surface area contributed by atoms with Crippen LogP contribution in [0.2, 0.25) is 5.02 Å². The highest BCUT2D eigenvalue weighted by Crippen LogP contribution is 2.35. The molecule has 3 rings (SSSR count). The molecule has 1 amide bonds. The van der Waals surface area contributed by atoms with Gasteiger partial charge in [-0.2, -0.15) is 13.2 Å². The van der Waals surface area contributed by atoms with E-state index in [4.69, 9.17) is 22.1 Å². The molecule has 0 saturated carbocycles. The number of nitrogens with zero attached hydrogens (tertiary/aromatic N) is 3. The van der Waals surface area contributed by atoms with Crippen molar-refractivity contribution in [2.75, 3.05) is 18.0 Å². The van der Waals surface area contributed by atoms with E-state index in [2.05, 4.69) is 9.97 Å². The summed E-state index contributed by atoms with van der Waals surface area (Å²) in [6.07, 6.45) is -1.17. The van der Waals surface area contributed by atoms with Gasteiger partial charge in [-0.3, -0.25) is 4.79 Å². The van der Waals surface area contributed by atoms with E-state index in [-0.39, 0.29) is 34.8 Å². The Kier molecular flexibility index (Phi) is 5.41. The molecule has 2 heterocycles. The molecule has 10 heteroatoms. The number of carbonyl (C=O) groups excluding carboxylic acids is 1. The molecule has 1 aromatic heterocycles. The van der Waals surface area contributed by atoms with Gasteiger partial charge in [-0.15, -0.1) is 0 Å². The normalized spacial score (nSPS) is 17.2. The van der Waals surface area contributed by atoms with E-state index in [1.54, 1.807) is 0 Å². The molecular formula is C17H16ClF3N4O2. The number of hydrogen-bond donors (Lipinski definition) is 1. The van der Waals surface area contributed by atoms with Gasteiger partial charge in [0.1, 0.15) is 6.61 Å². The molecule has 1 aromatic carbocycles. The molecule has 0 aliphatic carbocycles. The Balaban J connectivity index is 1.68. The highest BCUT2D eigenvalue weighted by Gasteiger charge is 2.34. The van der Waals surface area contributed by atoms with E-state index >= 15 is 0 Å². The quantitative estimate of drug-likeness (QED) is 0.834. The molecule has 2 aromatic rings. The van der Waals surface area contributed by atoms with E-state index in [0.717, 1.165) is 6.07 Å². The van der Waals surface area contributed by atoms with Crippen molar-refractivity contribution in [3.63, 3.8) is 0 Å². The van der Waals surface area contributed by atoms with Gasteiger partial charge < -0.3 is 15.4 Å². The molecule has 0 spiro atoms. The molecule has 144 valence electrons. The molecule has 6 nitrogen and oxygen atoms in total. The molecule has 1 saturated heterocycles. The van der Waals surface area contributed by atoms with Crippen molar-refractivity contribution in [1.29, 1.82) is 0 Å². The first-order chi connectivity index (χ1) is 12.8. The van der Waals surface area contributed by atoms with Gasteiger partial charge in [0.25, 0.3) is 0 Å². The third-order valence-corrected chi connectivity index (χ3v) is 4.65. The zero-order valence-electron chi connectivity index (χ0n) is 14.0. The number of carbonyl (C=O) groups is 1. The number of anilines is 1. The lowest BCUT2D eigenvalue weighted by Gasteiger charge is -2.17. The van der Waals surface area contributed by atoms with E-state index in [9.17, 15) is 18.0 Å². The molecule has 27 heavy (non-hydrogen) atoms. The number of rotatable bonds is 5. The summed E-state index contributed by atoms with van der Waals surface area (Å²) in [7, 11) is 0. The lowest BCUT2D eigenvalue weighted by Crippen LogP contribution is -2.28. The number of ether oxygens (including phenoxy) is 1. The smallest absolute Gasteiger partial charge is 0.416 e. The van der Waals surface area contributed by atoms with Crippen molar-refractivity contribution in [2.24, 2.45) is 11.7 Å². The van der Waals surface area contributed by atoms with Crippen LogP contribution >= 0.6 is 11.6 Å². The van der Waals surface area contributed by atoms with Crippen LogP contribution in [0.3, 0.4) is 0 Å². The predicted molar refractivity (Wildman–Crippen MR) is 92.3 cm³/mol. The Morgan fingerprint density at radius 3 is 2.63 bits per heavy atom. The first-order valence-electron chi connectivity index (χ1n) is 8.09. The molecular weight excluding hydrogens is 385 g/mol. The van der Waals surface area contributed by atoms with Crippen LogP contribution in [0.15, 0.2) is 30.6 Å². The summed E-state index contributed by atoms with van der Waals surface area (Å²) >= 11 is 5.90. The highest BCUT2D eigenvalue weighted by molar-refractivity contribution is 6.31.